The second-order valence-electron chi connectivity index (χ2n) is 12.3. The van der Waals surface area contributed by atoms with Crippen LogP contribution in [0.4, 0.5) is 0 Å². The molecule has 0 heterocycles. The fourth-order valence-electron chi connectivity index (χ4n) is 5.99. The lowest BCUT2D eigenvalue weighted by Gasteiger charge is -2.44. The molecule has 6 rings (SSSR count). The molecule has 0 saturated heterocycles. The predicted octanol–water partition coefficient (Wildman–Crippen LogP) is 7.15. The van der Waals surface area contributed by atoms with Gasteiger partial charge in [0.15, 0.2) is 6.10 Å². The Morgan fingerprint density at radius 2 is 0.846 bits per heavy atom. The Bertz CT molecular complexity index is 1830. The number of carbonyl (C=O) groups excluding carboxylic acids is 2. The summed E-state index contributed by atoms with van der Waals surface area (Å²) in [7, 11) is 3.21. The van der Waals surface area contributed by atoms with Crippen LogP contribution in [0.2, 0.25) is 0 Å². The maximum absolute atomic E-state index is 14.7. The van der Waals surface area contributed by atoms with Crippen LogP contribution < -0.4 is 9.47 Å². The second-order valence-corrected chi connectivity index (χ2v) is 12.3. The van der Waals surface area contributed by atoms with Gasteiger partial charge in [-0.2, -0.15) is 0 Å². The minimum Gasteiger partial charge on any atom is -0.497 e. The highest BCUT2D eigenvalue weighted by Crippen LogP contribution is 2.33. The fraction of sp³-hybridized carbons (Fsp3) is 0.256. The summed E-state index contributed by atoms with van der Waals surface area (Å²) in [6.45, 7) is 0.516. The number of carbonyl (C=O) groups is 2. The third-order valence-corrected chi connectivity index (χ3v) is 8.81. The number of hydrogen-bond donors (Lipinski definition) is 0. The number of ether oxygens (including phenoxy) is 7. The molecule has 1 aliphatic rings. The third-order valence-electron chi connectivity index (χ3n) is 8.81. The van der Waals surface area contributed by atoms with Gasteiger partial charge in [-0.15, -0.1) is 0 Å². The summed E-state index contributed by atoms with van der Waals surface area (Å²) < 4.78 is 43.0. The maximum atomic E-state index is 14.7. The molecule has 0 unspecified atom stereocenters. The quantitative estimate of drug-likeness (QED) is 0.0993. The highest BCUT2D eigenvalue weighted by Gasteiger charge is 2.55. The molecular weight excluding hydrogens is 660 g/mol. The van der Waals surface area contributed by atoms with Crippen molar-refractivity contribution in [1.82, 2.24) is 0 Å². The molecule has 5 atom stereocenters. The van der Waals surface area contributed by atoms with Crippen molar-refractivity contribution >= 4 is 11.8 Å². The molecule has 9 heteroatoms. The SMILES string of the molecule is COc1ccc(CO[C@@H]2[C@@H](OCc3ccccc3)[C@H](OCc3ccccc3)C(=O)[C@H](OC(=O)c3ccccc3)[C@H]2OCc2ccc(OC)cc2)cc1. The monoisotopic (exact) mass is 702 g/mol. The van der Waals surface area contributed by atoms with E-state index in [1.165, 1.54) is 0 Å². The first kappa shape index (κ1) is 36.5. The summed E-state index contributed by atoms with van der Waals surface area (Å²) in [6.07, 6.45) is -5.49. The molecule has 1 aliphatic carbocycles. The van der Waals surface area contributed by atoms with Crippen LogP contribution in [0.1, 0.15) is 32.6 Å². The smallest absolute Gasteiger partial charge is 0.338 e. The van der Waals surface area contributed by atoms with E-state index in [-0.39, 0.29) is 26.4 Å². The number of benzene rings is 5. The van der Waals surface area contributed by atoms with Crippen LogP contribution >= 0.6 is 0 Å². The summed E-state index contributed by atoms with van der Waals surface area (Å²) in [4.78, 5) is 28.3. The van der Waals surface area contributed by atoms with Gasteiger partial charge in [-0.1, -0.05) is 103 Å². The average Bonchev–Trinajstić information content (AvgIpc) is 3.20. The molecule has 5 aromatic carbocycles. The Labute approximate surface area is 304 Å². The Morgan fingerprint density at radius 3 is 1.31 bits per heavy atom. The third kappa shape index (κ3) is 9.51. The number of Topliss-reactive ketones (excluding diaryl/α,β-unsaturated/α-hetero) is 1. The van der Waals surface area contributed by atoms with Crippen molar-refractivity contribution in [3.63, 3.8) is 0 Å². The van der Waals surface area contributed by atoms with Crippen LogP contribution in [0, 0.1) is 0 Å². The van der Waals surface area contributed by atoms with Crippen molar-refractivity contribution in [3.8, 4) is 11.5 Å². The number of esters is 1. The molecule has 268 valence electrons. The van der Waals surface area contributed by atoms with Crippen LogP contribution in [0.3, 0.4) is 0 Å². The van der Waals surface area contributed by atoms with E-state index in [1.54, 1.807) is 44.6 Å². The highest BCUT2D eigenvalue weighted by molar-refractivity contribution is 5.95. The van der Waals surface area contributed by atoms with E-state index in [1.807, 2.05) is 109 Å². The van der Waals surface area contributed by atoms with Crippen molar-refractivity contribution < 1.29 is 42.7 Å². The molecule has 1 fully saturated rings. The van der Waals surface area contributed by atoms with Crippen molar-refractivity contribution in [2.75, 3.05) is 14.2 Å². The van der Waals surface area contributed by atoms with Crippen LogP contribution in [0.15, 0.2) is 140 Å². The van der Waals surface area contributed by atoms with Gasteiger partial charge in [-0.05, 0) is 58.7 Å². The van der Waals surface area contributed by atoms with Crippen molar-refractivity contribution in [2.45, 2.75) is 56.9 Å². The number of rotatable bonds is 16. The van der Waals surface area contributed by atoms with E-state index in [0.717, 1.165) is 22.3 Å². The number of ketones is 1. The molecule has 0 aromatic heterocycles. The van der Waals surface area contributed by atoms with E-state index < -0.39 is 42.3 Å². The number of methoxy groups -OCH3 is 2. The van der Waals surface area contributed by atoms with Crippen LogP contribution in [-0.4, -0.2) is 56.5 Å². The average molecular weight is 703 g/mol. The minimum absolute atomic E-state index is 0.0880. The summed E-state index contributed by atoms with van der Waals surface area (Å²) in [6, 6.07) is 42.6. The maximum Gasteiger partial charge on any atom is 0.338 e. The highest BCUT2D eigenvalue weighted by atomic mass is 16.6. The van der Waals surface area contributed by atoms with E-state index in [2.05, 4.69) is 0 Å². The van der Waals surface area contributed by atoms with Crippen LogP contribution in [0.5, 0.6) is 11.5 Å². The van der Waals surface area contributed by atoms with E-state index >= 15 is 0 Å². The summed E-state index contributed by atoms with van der Waals surface area (Å²) >= 11 is 0. The van der Waals surface area contributed by atoms with Gasteiger partial charge in [0.05, 0.1) is 46.2 Å². The van der Waals surface area contributed by atoms with Gasteiger partial charge in [0.1, 0.15) is 35.9 Å². The lowest BCUT2D eigenvalue weighted by Crippen LogP contribution is -2.65. The zero-order valence-corrected chi connectivity index (χ0v) is 29.2. The Balaban J connectivity index is 1.38. The van der Waals surface area contributed by atoms with Crippen molar-refractivity contribution in [3.05, 3.63) is 167 Å². The van der Waals surface area contributed by atoms with Crippen molar-refractivity contribution in [1.29, 1.82) is 0 Å². The van der Waals surface area contributed by atoms with Crippen LogP contribution in [0.25, 0.3) is 0 Å². The Morgan fingerprint density at radius 1 is 0.462 bits per heavy atom. The molecule has 5 aromatic rings. The standard InChI is InChI=1S/C43H42O9/c1-46-35-22-18-32(19-23-35)28-50-41-39(52-43(45)34-16-10-5-11-17-34)37(44)38(48-26-30-12-6-3-7-13-30)40(49-27-31-14-8-4-9-15-31)42(41)51-29-33-20-24-36(47-2)25-21-33/h3-25,38-42H,26-29H2,1-2H3/t38-,39+,40+,41-,42-/m1/s1. The van der Waals surface area contributed by atoms with Crippen LogP contribution in [-0.2, 0) is 54.9 Å². The zero-order valence-electron chi connectivity index (χ0n) is 29.2. The summed E-state index contributed by atoms with van der Waals surface area (Å²) in [5.74, 6) is 0.248. The molecule has 0 bridgehead atoms. The Hall–Kier alpha value is -5.32. The van der Waals surface area contributed by atoms with E-state index in [9.17, 15) is 9.59 Å². The largest absolute Gasteiger partial charge is 0.497 e. The summed E-state index contributed by atoms with van der Waals surface area (Å²) in [5, 5.41) is 0. The van der Waals surface area contributed by atoms with Crippen molar-refractivity contribution in [2.24, 2.45) is 0 Å². The predicted molar refractivity (Wildman–Crippen MR) is 194 cm³/mol. The lowest BCUT2D eigenvalue weighted by molar-refractivity contribution is -0.231. The molecule has 0 radical (unpaired) electrons. The van der Waals surface area contributed by atoms with Gasteiger partial charge in [0, 0.05) is 0 Å². The second kappa shape index (κ2) is 18.3. The van der Waals surface area contributed by atoms with Gasteiger partial charge >= 0.3 is 5.97 Å². The molecule has 0 N–H and O–H groups in total. The minimum atomic E-state index is -1.39. The first-order valence-corrected chi connectivity index (χ1v) is 17.1. The van der Waals surface area contributed by atoms with Gasteiger partial charge in [-0.3, -0.25) is 4.79 Å². The topological polar surface area (TPSA) is 98.8 Å². The lowest BCUT2D eigenvalue weighted by atomic mass is 9.85. The molecule has 1 saturated carbocycles. The van der Waals surface area contributed by atoms with Gasteiger partial charge < -0.3 is 33.2 Å². The molecule has 0 aliphatic heterocycles. The first-order valence-electron chi connectivity index (χ1n) is 17.1. The van der Waals surface area contributed by atoms with E-state index in [0.29, 0.717) is 17.1 Å². The first-order chi connectivity index (χ1) is 25.5. The van der Waals surface area contributed by atoms with Gasteiger partial charge in [-0.25, -0.2) is 4.79 Å². The normalized spacial score (nSPS) is 19.9. The number of hydrogen-bond acceptors (Lipinski definition) is 9. The van der Waals surface area contributed by atoms with Gasteiger partial charge in [0.25, 0.3) is 0 Å². The van der Waals surface area contributed by atoms with E-state index in [4.69, 9.17) is 33.2 Å². The molecule has 9 nitrogen and oxygen atoms in total. The summed E-state index contributed by atoms with van der Waals surface area (Å²) in [5.41, 5.74) is 3.74. The fourth-order valence-corrected chi connectivity index (χ4v) is 5.99. The Kier molecular flexibility index (Phi) is 12.8. The molecular formula is C43H42O9. The van der Waals surface area contributed by atoms with Gasteiger partial charge in [0.2, 0.25) is 5.78 Å². The zero-order chi connectivity index (χ0) is 36.1. The molecule has 52 heavy (non-hydrogen) atoms. The molecule has 0 spiro atoms. The molecule has 0 amide bonds.